The number of hydrogen-bond acceptors (Lipinski definition) is 5. The highest BCUT2D eigenvalue weighted by molar-refractivity contribution is 7.88. The Labute approximate surface area is 145 Å². The number of nitrogens with zero attached hydrogens (tertiary/aromatic N) is 2. The van der Waals surface area contributed by atoms with E-state index in [9.17, 15) is 8.42 Å². The first-order valence-electron chi connectivity index (χ1n) is 8.27. The maximum atomic E-state index is 11.6. The van der Waals surface area contributed by atoms with E-state index in [-0.39, 0.29) is 0 Å². The van der Waals surface area contributed by atoms with Crippen molar-refractivity contribution in [2.45, 2.75) is 20.4 Å². The van der Waals surface area contributed by atoms with Gasteiger partial charge in [0.15, 0.2) is 11.5 Å². The largest absolute Gasteiger partial charge is 0.493 e. The number of piperazine rings is 1. The molecule has 1 heterocycles. The van der Waals surface area contributed by atoms with Crippen LogP contribution in [0.5, 0.6) is 11.5 Å². The van der Waals surface area contributed by atoms with Crippen LogP contribution >= 0.6 is 0 Å². The number of hydrogen-bond donors (Lipinski definition) is 0. The highest BCUT2D eigenvalue weighted by atomic mass is 32.2. The maximum Gasteiger partial charge on any atom is 0.211 e. The van der Waals surface area contributed by atoms with Gasteiger partial charge in [-0.3, -0.25) is 4.90 Å². The molecule has 1 aliphatic heterocycles. The van der Waals surface area contributed by atoms with Gasteiger partial charge in [-0.15, -0.1) is 0 Å². The van der Waals surface area contributed by atoms with Gasteiger partial charge in [-0.25, -0.2) is 8.42 Å². The second kappa shape index (κ2) is 8.18. The summed E-state index contributed by atoms with van der Waals surface area (Å²) in [7, 11) is -1.44. The molecule has 0 N–H and O–H groups in total. The van der Waals surface area contributed by atoms with Crippen molar-refractivity contribution >= 4 is 10.0 Å². The smallest absolute Gasteiger partial charge is 0.211 e. The summed E-state index contributed by atoms with van der Waals surface area (Å²) in [5.74, 6) is 1.96. The summed E-state index contributed by atoms with van der Waals surface area (Å²) in [5, 5.41) is 0. The Bertz CT molecular complexity index is 638. The zero-order valence-electron chi connectivity index (χ0n) is 15.0. The average Bonchev–Trinajstić information content (AvgIpc) is 2.53. The average molecular weight is 356 g/mol. The fraction of sp³-hybridized carbons (Fsp3) is 0.647. The predicted octanol–water partition coefficient (Wildman–Crippen LogP) is 1.81. The second-order valence-corrected chi connectivity index (χ2v) is 8.61. The lowest BCUT2D eigenvalue weighted by Gasteiger charge is -2.33. The fourth-order valence-corrected chi connectivity index (χ4v) is 3.49. The number of ether oxygens (including phenoxy) is 2. The summed E-state index contributed by atoms with van der Waals surface area (Å²) in [6, 6.07) is 5.99. The Hall–Kier alpha value is -1.31. The van der Waals surface area contributed by atoms with Crippen LogP contribution in [0, 0.1) is 5.92 Å². The maximum absolute atomic E-state index is 11.6. The van der Waals surface area contributed by atoms with E-state index in [0.29, 0.717) is 25.6 Å². The van der Waals surface area contributed by atoms with Crippen molar-refractivity contribution in [3.05, 3.63) is 23.8 Å². The van der Waals surface area contributed by atoms with Crippen LogP contribution < -0.4 is 9.47 Å². The minimum absolute atomic E-state index is 0.459. The third-order valence-electron chi connectivity index (χ3n) is 4.01. The first-order valence-corrected chi connectivity index (χ1v) is 10.1. The van der Waals surface area contributed by atoms with E-state index in [1.54, 1.807) is 7.11 Å². The summed E-state index contributed by atoms with van der Waals surface area (Å²) in [6.45, 7) is 8.22. The van der Waals surface area contributed by atoms with Crippen molar-refractivity contribution in [2.75, 3.05) is 46.2 Å². The molecule has 0 radical (unpaired) electrons. The Morgan fingerprint density at radius 1 is 1.12 bits per heavy atom. The summed E-state index contributed by atoms with van der Waals surface area (Å²) in [5.41, 5.74) is 1.14. The molecule has 1 fully saturated rings. The van der Waals surface area contributed by atoms with Gasteiger partial charge in [0.2, 0.25) is 10.0 Å². The molecule has 24 heavy (non-hydrogen) atoms. The Morgan fingerprint density at radius 2 is 1.79 bits per heavy atom. The lowest BCUT2D eigenvalue weighted by atomic mass is 10.1. The van der Waals surface area contributed by atoms with Crippen molar-refractivity contribution < 1.29 is 17.9 Å². The van der Waals surface area contributed by atoms with E-state index in [4.69, 9.17) is 9.47 Å². The lowest BCUT2D eigenvalue weighted by Crippen LogP contribution is -2.47. The second-order valence-electron chi connectivity index (χ2n) is 6.63. The minimum atomic E-state index is -3.08. The summed E-state index contributed by atoms with van der Waals surface area (Å²) in [6.07, 6.45) is 1.27. The van der Waals surface area contributed by atoms with Gasteiger partial charge in [-0.1, -0.05) is 19.9 Å². The van der Waals surface area contributed by atoms with Gasteiger partial charge in [-0.2, -0.15) is 4.31 Å². The molecule has 136 valence electrons. The molecule has 0 atom stereocenters. The number of methoxy groups -OCH3 is 1. The fourth-order valence-electron chi connectivity index (χ4n) is 2.66. The zero-order valence-corrected chi connectivity index (χ0v) is 15.8. The van der Waals surface area contributed by atoms with Gasteiger partial charge in [0.05, 0.1) is 20.0 Å². The van der Waals surface area contributed by atoms with Gasteiger partial charge in [-0.05, 0) is 23.6 Å². The molecule has 7 heteroatoms. The zero-order chi connectivity index (χ0) is 17.7. The van der Waals surface area contributed by atoms with Crippen LogP contribution in [0.15, 0.2) is 18.2 Å². The highest BCUT2D eigenvalue weighted by Gasteiger charge is 2.23. The van der Waals surface area contributed by atoms with Gasteiger partial charge in [0, 0.05) is 32.7 Å². The van der Waals surface area contributed by atoms with Gasteiger partial charge < -0.3 is 9.47 Å². The third kappa shape index (κ3) is 5.36. The molecule has 0 saturated carbocycles. The van der Waals surface area contributed by atoms with E-state index >= 15 is 0 Å². The highest BCUT2D eigenvalue weighted by Crippen LogP contribution is 2.29. The molecule has 2 rings (SSSR count). The summed E-state index contributed by atoms with van der Waals surface area (Å²) in [4.78, 5) is 2.26. The van der Waals surface area contributed by atoms with E-state index in [0.717, 1.165) is 36.7 Å². The number of sulfonamides is 1. The van der Waals surface area contributed by atoms with Gasteiger partial charge in [0.25, 0.3) is 0 Å². The molecule has 0 spiro atoms. The van der Waals surface area contributed by atoms with Crippen molar-refractivity contribution in [1.82, 2.24) is 9.21 Å². The van der Waals surface area contributed by atoms with Crippen LogP contribution in [0.4, 0.5) is 0 Å². The molecule has 1 aliphatic rings. The molecular weight excluding hydrogens is 328 g/mol. The predicted molar refractivity (Wildman–Crippen MR) is 95.0 cm³/mol. The third-order valence-corrected chi connectivity index (χ3v) is 5.31. The normalized spacial score (nSPS) is 17.2. The number of benzene rings is 1. The molecule has 1 aromatic carbocycles. The summed E-state index contributed by atoms with van der Waals surface area (Å²) < 4.78 is 35.9. The standard InChI is InChI=1S/C17H28N2O4S/c1-14(2)13-23-16-6-5-15(11-17(16)22-3)12-18-7-9-19(10-8-18)24(4,20)21/h5-6,11,14H,7-10,12-13H2,1-4H3. The van der Waals surface area contributed by atoms with Crippen LogP contribution in [0.2, 0.25) is 0 Å². The van der Waals surface area contributed by atoms with Gasteiger partial charge in [0.1, 0.15) is 0 Å². The van der Waals surface area contributed by atoms with Crippen molar-refractivity contribution in [3.8, 4) is 11.5 Å². The summed E-state index contributed by atoms with van der Waals surface area (Å²) >= 11 is 0. The molecule has 0 unspecified atom stereocenters. The molecular formula is C17H28N2O4S. The topological polar surface area (TPSA) is 59.1 Å². The monoisotopic (exact) mass is 356 g/mol. The molecule has 0 bridgehead atoms. The van der Waals surface area contributed by atoms with Crippen LogP contribution in [0.25, 0.3) is 0 Å². The first kappa shape index (κ1) is 19.0. The molecule has 0 amide bonds. The van der Waals surface area contributed by atoms with E-state index in [1.807, 2.05) is 18.2 Å². The lowest BCUT2D eigenvalue weighted by molar-refractivity contribution is 0.182. The van der Waals surface area contributed by atoms with Crippen LogP contribution in [0.3, 0.4) is 0 Å². The van der Waals surface area contributed by atoms with E-state index in [2.05, 4.69) is 18.7 Å². The Kier molecular flexibility index (Phi) is 6.48. The Morgan fingerprint density at radius 3 is 2.33 bits per heavy atom. The van der Waals surface area contributed by atoms with E-state index < -0.39 is 10.0 Å². The van der Waals surface area contributed by atoms with Gasteiger partial charge >= 0.3 is 0 Å². The SMILES string of the molecule is COc1cc(CN2CCN(S(C)(=O)=O)CC2)ccc1OCC(C)C. The van der Waals surface area contributed by atoms with Crippen molar-refractivity contribution in [2.24, 2.45) is 5.92 Å². The van der Waals surface area contributed by atoms with E-state index in [1.165, 1.54) is 10.6 Å². The molecule has 0 aromatic heterocycles. The van der Waals surface area contributed by atoms with Crippen LogP contribution in [-0.4, -0.2) is 63.8 Å². The van der Waals surface area contributed by atoms with Crippen molar-refractivity contribution in [3.63, 3.8) is 0 Å². The molecule has 0 aliphatic carbocycles. The Balaban J connectivity index is 1.96. The van der Waals surface area contributed by atoms with Crippen LogP contribution in [-0.2, 0) is 16.6 Å². The molecule has 1 aromatic rings. The first-order chi connectivity index (χ1) is 11.3. The minimum Gasteiger partial charge on any atom is -0.493 e. The molecule has 6 nitrogen and oxygen atoms in total. The molecule has 1 saturated heterocycles. The van der Waals surface area contributed by atoms with Crippen molar-refractivity contribution in [1.29, 1.82) is 0 Å². The van der Waals surface area contributed by atoms with Crippen LogP contribution in [0.1, 0.15) is 19.4 Å². The quantitative estimate of drug-likeness (QED) is 0.746. The number of rotatable bonds is 7.